The zero-order valence-electron chi connectivity index (χ0n) is 10.4. The molecule has 0 spiro atoms. The van der Waals surface area contributed by atoms with Gasteiger partial charge < -0.3 is 20.6 Å². The van der Waals surface area contributed by atoms with Crippen molar-refractivity contribution in [2.24, 2.45) is 5.92 Å². The average Bonchev–Trinajstić information content (AvgIpc) is 3.10. The molecule has 0 bridgehead atoms. The van der Waals surface area contributed by atoms with E-state index in [1.807, 2.05) is 0 Å². The molecule has 0 aromatic heterocycles. The summed E-state index contributed by atoms with van der Waals surface area (Å²) in [5, 5.41) is 30.3. The topological polar surface area (TPSA) is 107 Å². The molecule has 0 aliphatic heterocycles. The van der Waals surface area contributed by atoms with Crippen LogP contribution in [0.2, 0.25) is 0 Å². The second-order valence-corrected chi connectivity index (χ2v) is 4.97. The second kappa shape index (κ2) is 4.46. The molecular weight excluding hydrogens is 250 g/mol. The molecule has 1 aliphatic rings. The number of rotatable bonds is 4. The number of phenolic OH excluding ortho intramolecular Hbond substituents is 2. The summed E-state index contributed by atoms with van der Waals surface area (Å²) >= 11 is 0. The van der Waals surface area contributed by atoms with Crippen LogP contribution in [0.15, 0.2) is 18.2 Å². The summed E-state index contributed by atoms with van der Waals surface area (Å²) in [6.07, 6.45) is 1.52. The van der Waals surface area contributed by atoms with Gasteiger partial charge in [-0.2, -0.15) is 0 Å². The molecular formula is C13H15NO5. The van der Waals surface area contributed by atoms with Gasteiger partial charge in [-0.05, 0) is 37.8 Å². The molecule has 0 radical (unpaired) electrons. The molecule has 2 rings (SSSR count). The number of carbonyl (C=O) groups is 2. The minimum absolute atomic E-state index is 0.0191. The van der Waals surface area contributed by atoms with Crippen LogP contribution in [0, 0.1) is 5.92 Å². The summed E-state index contributed by atoms with van der Waals surface area (Å²) in [4.78, 5) is 23.3. The van der Waals surface area contributed by atoms with Crippen LogP contribution in [-0.4, -0.2) is 32.7 Å². The Balaban J connectivity index is 2.22. The number of carboxylic acids is 1. The number of hydrogen-bond acceptors (Lipinski definition) is 4. The van der Waals surface area contributed by atoms with Crippen LogP contribution in [0.3, 0.4) is 0 Å². The van der Waals surface area contributed by atoms with Gasteiger partial charge in [0.1, 0.15) is 17.0 Å². The lowest BCUT2D eigenvalue weighted by atomic mass is 9.95. The molecule has 6 nitrogen and oxygen atoms in total. The van der Waals surface area contributed by atoms with Gasteiger partial charge in [0.05, 0.1) is 0 Å². The predicted molar refractivity (Wildman–Crippen MR) is 66.0 cm³/mol. The lowest BCUT2D eigenvalue weighted by molar-refractivity contribution is -0.144. The number of carboxylic acid groups (broad SMARTS) is 1. The fraction of sp³-hybridized carbons (Fsp3) is 0.385. The van der Waals surface area contributed by atoms with Crippen LogP contribution in [0.25, 0.3) is 0 Å². The maximum absolute atomic E-state index is 12.0. The molecule has 0 heterocycles. The first-order valence-corrected chi connectivity index (χ1v) is 5.92. The monoisotopic (exact) mass is 265 g/mol. The maximum Gasteiger partial charge on any atom is 0.329 e. The summed E-state index contributed by atoms with van der Waals surface area (Å²) in [5.41, 5.74) is -1.30. The molecule has 1 amide bonds. The van der Waals surface area contributed by atoms with E-state index in [2.05, 4.69) is 5.32 Å². The van der Waals surface area contributed by atoms with Crippen LogP contribution >= 0.6 is 0 Å². The van der Waals surface area contributed by atoms with E-state index in [1.165, 1.54) is 19.1 Å². The van der Waals surface area contributed by atoms with Crippen LogP contribution < -0.4 is 5.32 Å². The number of hydrogen-bond donors (Lipinski definition) is 4. The van der Waals surface area contributed by atoms with E-state index in [0.29, 0.717) is 0 Å². The Morgan fingerprint density at radius 3 is 2.16 bits per heavy atom. The third-order valence-corrected chi connectivity index (χ3v) is 3.38. The van der Waals surface area contributed by atoms with Gasteiger partial charge in [0.15, 0.2) is 0 Å². The lowest BCUT2D eigenvalue weighted by Crippen LogP contribution is -2.54. The molecule has 19 heavy (non-hydrogen) atoms. The standard InChI is InChI=1S/C13H15NO5/c1-13(12(18)19,8-2-3-8)14-11(17)7-4-9(15)6-10(16)5-7/h4-6,8,15-16H,2-3H2,1H3,(H,14,17)(H,18,19). The molecule has 1 unspecified atom stereocenters. The number of nitrogens with one attached hydrogen (secondary N) is 1. The fourth-order valence-electron chi connectivity index (χ4n) is 2.03. The number of phenols is 2. The van der Waals surface area contributed by atoms with Crippen molar-refractivity contribution < 1.29 is 24.9 Å². The van der Waals surface area contributed by atoms with Crippen LogP contribution in [0.1, 0.15) is 30.1 Å². The zero-order valence-corrected chi connectivity index (χ0v) is 10.4. The first-order chi connectivity index (χ1) is 8.83. The Morgan fingerprint density at radius 2 is 1.74 bits per heavy atom. The average molecular weight is 265 g/mol. The highest BCUT2D eigenvalue weighted by atomic mass is 16.4. The van der Waals surface area contributed by atoms with Gasteiger partial charge in [0.25, 0.3) is 5.91 Å². The van der Waals surface area contributed by atoms with Gasteiger partial charge in [0, 0.05) is 11.6 Å². The highest BCUT2D eigenvalue weighted by Gasteiger charge is 2.48. The Kier molecular flexibility index (Phi) is 3.09. The van der Waals surface area contributed by atoms with Crippen molar-refractivity contribution in [3.63, 3.8) is 0 Å². The summed E-state index contributed by atoms with van der Waals surface area (Å²) in [6.45, 7) is 1.47. The van der Waals surface area contributed by atoms with Crippen LogP contribution in [0.5, 0.6) is 11.5 Å². The Bertz CT molecular complexity index is 518. The largest absolute Gasteiger partial charge is 0.508 e. The van der Waals surface area contributed by atoms with Crippen molar-refractivity contribution in [1.29, 1.82) is 0 Å². The van der Waals surface area contributed by atoms with E-state index in [0.717, 1.165) is 18.9 Å². The van der Waals surface area contributed by atoms with E-state index in [-0.39, 0.29) is 23.0 Å². The summed E-state index contributed by atoms with van der Waals surface area (Å²) in [6, 6.07) is 3.43. The molecule has 1 aromatic carbocycles. The molecule has 1 atom stereocenters. The number of amides is 1. The molecule has 6 heteroatoms. The number of benzene rings is 1. The predicted octanol–water partition coefficient (Wildman–Crippen LogP) is 1.08. The molecule has 0 saturated heterocycles. The van der Waals surface area contributed by atoms with Crippen LogP contribution in [0.4, 0.5) is 0 Å². The van der Waals surface area contributed by atoms with Crippen molar-refractivity contribution in [3.05, 3.63) is 23.8 Å². The molecule has 1 saturated carbocycles. The van der Waals surface area contributed by atoms with E-state index in [9.17, 15) is 24.9 Å². The van der Waals surface area contributed by atoms with Crippen molar-refractivity contribution in [2.75, 3.05) is 0 Å². The Labute approximate surface area is 109 Å². The van der Waals surface area contributed by atoms with Crippen molar-refractivity contribution in [3.8, 4) is 11.5 Å². The SMILES string of the molecule is CC(NC(=O)c1cc(O)cc(O)c1)(C(=O)O)C1CC1. The van der Waals surface area contributed by atoms with Crippen LogP contribution in [-0.2, 0) is 4.79 Å². The lowest BCUT2D eigenvalue weighted by Gasteiger charge is -2.26. The normalized spacial score (nSPS) is 17.5. The number of carbonyl (C=O) groups excluding carboxylic acids is 1. The fourth-order valence-corrected chi connectivity index (χ4v) is 2.03. The third kappa shape index (κ3) is 2.62. The van der Waals surface area contributed by atoms with Crippen molar-refractivity contribution in [2.45, 2.75) is 25.3 Å². The Morgan fingerprint density at radius 1 is 1.21 bits per heavy atom. The highest BCUT2D eigenvalue weighted by Crippen LogP contribution is 2.40. The molecule has 1 aliphatic carbocycles. The Hall–Kier alpha value is -2.24. The molecule has 4 N–H and O–H groups in total. The van der Waals surface area contributed by atoms with Gasteiger partial charge in [-0.15, -0.1) is 0 Å². The maximum atomic E-state index is 12.0. The molecule has 102 valence electrons. The molecule has 1 fully saturated rings. The van der Waals surface area contributed by atoms with Gasteiger partial charge >= 0.3 is 5.97 Å². The highest BCUT2D eigenvalue weighted by molar-refractivity contribution is 5.98. The first kappa shape index (κ1) is 13.2. The molecule has 1 aromatic rings. The van der Waals surface area contributed by atoms with E-state index in [1.54, 1.807) is 0 Å². The smallest absolute Gasteiger partial charge is 0.329 e. The van der Waals surface area contributed by atoms with E-state index < -0.39 is 17.4 Å². The van der Waals surface area contributed by atoms with Gasteiger partial charge in [0.2, 0.25) is 0 Å². The van der Waals surface area contributed by atoms with Crippen molar-refractivity contribution in [1.82, 2.24) is 5.32 Å². The summed E-state index contributed by atoms with van der Waals surface area (Å²) < 4.78 is 0. The third-order valence-electron chi connectivity index (χ3n) is 3.38. The van der Waals surface area contributed by atoms with E-state index in [4.69, 9.17) is 0 Å². The first-order valence-electron chi connectivity index (χ1n) is 5.92. The van der Waals surface area contributed by atoms with Crippen molar-refractivity contribution >= 4 is 11.9 Å². The minimum Gasteiger partial charge on any atom is -0.508 e. The summed E-state index contributed by atoms with van der Waals surface area (Å²) in [7, 11) is 0. The quantitative estimate of drug-likeness (QED) is 0.651. The zero-order chi connectivity index (χ0) is 14.2. The van der Waals surface area contributed by atoms with E-state index >= 15 is 0 Å². The van der Waals surface area contributed by atoms with Gasteiger partial charge in [-0.1, -0.05) is 0 Å². The second-order valence-electron chi connectivity index (χ2n) is 4.97. The number of aliphatic carboxylic acids is 1. The van der Waals surface area contributed by atoms with Gasteiger partial charge in [-0.25, -0.2) is 4.79 Å². The number of aromatic hydroxyl groups is 2. The van der Waals surface area contributed by atoms with Gasteiger partial charge in [-0.3, -0.25) is 4.79 Å². The minimum atomic E-state index is -1.32. The summed E-state index contributed by atoms with van der Waals surface area (Å²) in [5.74, 6) is -2.32.